The highest BCUT2D eigenvalue weighted by atomic mass is 16.5. The molecule has 0 aliphatic heterocycles. The second-order valence-electron chi connectivity index (χ2n) is 5.27. The lowest BCUT2D eigenvalue weighted by molar-refractivity contribution is 0.0241. The number of nitrogens with one attached hydrogen (secondary N) is 1. The van der Waals surface area contributed by atoms with Crippen molar-refractivity contribution >= 4 is 0 Å². The lowest BCUT2D eigenvalue weighted by Crippen LogP contribution is -2.45. The van der Waals surface area contributed by atoms with Gasteiger partial charge in [-0.2, -0.15) is 0 Å². The monoisotopic (exact) mass is 259 g/mol. The van der Waals surface area contributed by atoms with E-state index in [9.17, 15) is 0 Å². The number of rotatable bonds is 10. The van der Waals surface area contributed by atoms with E-state index < -0.39 is 0 Å². The van der Waals surface area contributed by atoms with Gasteiger partial charge in [-0.15, -0.1) is 0 Å². The molecule has 1 saturated carbocycles. The Kier molecular flexibility index (Phi) is 8.59. The second kappa shape index (κ2) is 9.73. The van der Waals surface area contributed by atoms with Crippen LogP contribution in [0.25, 0.3) is 0 Å². The maximum atomic E-state index is 5.52. The minimum absolute atomic E-state index is 0.344. The van der Waals surface area contributed by atoms with Crippen molar-refractivity contribution in [2.75, 3.05) is 46.7 Å². The van der Waals surface area contributed by atoms with Crippen LogP contribution in [-0.4, -0.2) is 52.2 Å². The van der Waals surface area contributed by atoms with Gasteiger partial charge in [0.05, 0.1) is 33.0 Å². The van der Waals surface area contributed by atoms with Crippen LogP contribution in [0.1, 0.15) is 39.0 Å². The van der Waals surface area contributed by atoms with Crippen molar-refractivity contribution < 1.29 is 14.2 Å². The molecule has 0 radical (unpaired) electrons. The maximum absolute atomic E-state index is 5.52. The third-order valence-corrected chi connectivity index (χ3v) is 3.56. The summed E-state index contributed by atoms with van der Waals surface area (Å²) in [5.74, 6) is 0. The van der Waals surface area contributed by atoms with E-state index in [0.717, 1.165) is 13.2 Å². The van der Waals surface area contributed by atoms with Crippen molar-refractivity contribution in [3.63, 3.8) is 0 Å². The van der Waals surface area contributed by atoms with Crippen LogP contribution >= 0.6 is 0 Å². The van der Waals surface area contributed by atoms with Gasteiger partial charge in [-0.1, -0.05) is 19.3 Å². The number of hydrogen-bond donors (Lipinski definition) is 1. The fourth-order valence-corrected chi connectivity index (χ4v) is 2.40. The summed E-state index contributed by atoms with van der Waals surface area (Å²) in [7, 11) is 1.68. The molecular weight excluding hydrogens is 230 g/mol. The Bertz CT molecular complexity index is 193. The van der Waals surface area contributed by atoms with E-state index in [0.29, 0.717) is 32.0 Å². The SMILES string of the molecule is COCCOCCOCCNC1(C)CCCCC1. The first kappa shape index (κ1) is 15.9. The van der Waals surface area contributed by atoms with E-state index in [1.807, 2.05) is 0 Å². The average molecular weight is 259 g/mol. The summed E-state index contributed by atoms with van der Waals surface area (Å²) in [6.07, 6.45) is 6.71. The molecule has 0 aromatic heterocycles. The van der Waals surface area contributed by atoms with Gasteiger partial charge >= 0.3 is 0 Å². The first-order chi connectivity index (χ1) is 8.77. The van der Waals surface area contributed by atoms with Crippen LogP contribution in [-0.2, 0) is 14.2 Å². The zero-order valence-corrected chi connectivity index (χ0v) is 12.0. The van der Waals surface area contributed by atoms with Crippen molar-refractivity contribution in [1.29, 1.82) is 0 Å². The molecule has 108 valence electrons. The Balaban J connectivity index is 1.86. The average Bonchev–Trinajstić information content (AvgIpc) is 2.38. The highest BCUT2D eigenvalue weighted by Crippen LogP contribution is 2.27. The van der Waals surface area contributed by atoms with Crippen molar-refractivity contribution in [3.05, 3.63) is 0 Å². The molecule has 0 atom stereocenters. The highest BCUT2D eigenvalue weighted by Gasteiger charge is 2.25. The molecule has 0 unspecified atom stereocenters. The number of hydrogen-bond acceptors (Lipinski definition) is 4. The summed E-state index contributed by atoms with van der Waals surface area (Å²) in [5.41, 5.74) is 0.344. The van der Waals surface area contributed by atoms with Crippen molar-refractivity contribution in [1.82, 2.24) is 5.32 Å². The molecule has 18 heavy (non-hydrogen) atoms. The molecule has 4 heteroatoms. The number of methoxy groups -OCH3 is 1. The summed E-state index contributed by atoms with van der Waals surface area (Å²) in [6, 6.07) is 0. The molecule has 0 saturated heterocycles. The van der Waals surface area contributed by atoms with E-state index in [-0.39, 0.29) is 0 Å². The molecule has 1 rings (SSSR count). The van der Waals surface area contributed by atoms with Gasteiger partial charge in [0.25, 0.3) is 0 Å². The van der Waals surface area contributed by atoms with Gasteiger partial charge in [-0.25, -0.2) is 0 Å². The van der Waals surface area contributed by atoms with Gasteiger partial charge in [0.1, 0.15) is 0 Å². The van der Waals surface area contributed by atoms with Crippen LogP contribution in [0.3, 0.4) is 0 Å². The Morgan fingerprint density at radius 1 is 0.889 bits per heavy atom. The topological polar surface area (TPSA) is 39.7 Å². The molecule has 4 nitrogen and oxygen atoms in total. The Hall–Kier alpha value is -0.160. The van der Waals surface area contributed by atoms with Crippen LogP contribution in [0.4, 0.5) is 0 Å². The number of ether oxygens (including phenoxy) is 3. The minimum atomic E-state index is 0.344. The second-order valence-corrected chi connectivity index (χ2v) is 5.27. The predicted octanol–water partition coefficient (Wildman–Crippen LogP) is 1.98. The van der Waals surface area contributed by atoms with E-state index in [2.05, 4.69) is 12.2 Å². The summed E-state index contributed by atoms with van der Waals surface area (Å²) in [4.78, 5) is 0. The first-order valence-corrected chi connectivity index (χ1v) is 7.16. The van der Waals surface area contributed by atoms with Gasteiger partial charge in [0.15, 0.2) is 0 Å². The van der Waals surface area contributed by atoms with Crippen molar-refractivity contribution in [2.45, 2.75) is 44.6 Å². The highest BCUT2D eigenvalue weighted by molar-refractivity contribution is 4.85. The Labute approximate surface area is 111 Å². The maximum Gasteiger partial charge on any atom is 0.0701 e. The van der Waals surface area contributed by atoms with E-state index >= 15 is 0 Å². The van der Waals surface area contributed by atoms with Crippen molar-refractivity contribution in [3.8, 4) is 0 Å². The molecule has 0 amide bonds. The minimum Gasteiger partial charge on any atom is -0.382 e. The first-order valence-electron chi connectivity index (χ1n) is 7.16. The third-order valence-electron chi connectivity index (χ3n) is 3.56. The smallest absolute Gasteiger partial charge is 0.0701 e. The normalized spacial score (nSPS) is 19.0. The third kappa shape index (κ3) is 7.31. The standard InChI is InChI=1S/C14H29NO3/c1-14(6-4-3-5-7-14)15-8-9-17-12-13-18-11-10-16-2/h15H,3-13H2,1-2H3. The molecule has 0 bridgehead atoms. The van der Waals surface area contributed by atoms with E-state index in [1.165, 1.54) is 32.1 Å². The van der Waals surface area contributed by atoms with Crippen molar-refractivity contribution in [2.24, 2.45) is 0 Å². The van der Waals surface area contributed by atoms with Crippen LogP contribution < -0.4 is 5.32 Å². The molecule has 0 aromatic carbocycles. The molecule has 0 aromatic rings. The summed E-state index contributed by atoms with van der Waals surface area (Å²) >= 11 is 0. The van der Waals surface area contributed by atoms with Gasteiger partial charge in [0, 0.05) is 19.2 Å². The molecule has 0 spiro atoms. The fraction of sp³-hybridized carbons (Fsp3) is 1.00. The molecule has 0 heterocycles. The molecule has 1 N–H and O–H groups in total. The van der Waals surface area contributed by atoms with Crippen LogP contribution in [0, 0.1) is 0 Å². The van der Waals surface area contributed by atoms with Gasteiger partial charge in [-0.3, -0.25) is 0 Å². The van der Waals surface area contributed by atoms with Crippen LogP contribution in [0.5, 0.6) is 0 Å². The molecule has 1 aliphatic carbocycles. The van der Waals surface area contributed by atoms with Gasteiger partial charge < -0.3 is 19.5 Å². The Morgan fingerprint density at radius 2 is 1.50 bits per heavy atom. The lowest BCUT2D eigenvalue weighted by atomic mass is 9.83. The lowest BCUT2D eigenvalue weighted by Gasteiger charge is -2.34. The summed E-state index contributed by atoms with van der Waals surface area (Å²) in [5, 5.41) is 3.62. The largest absolute Gasteiger partial charge is 0.382 e. The fourth-order valence-electron chi connectivity index (χ4n) is 2.40. The van der Waals surface area contributed by atoms with Gasteiger partial charge in [0.2, 0.25) is 0 Å². The predicted molar refractivity (Wildman–Crippen MR) is 73.0 cm³/mol. The summed E-state index contributed by atoms with van der Waals surface area (Å²) in [6.45, 7) is 6.66. The zero-order valence-electron chi connectivity index (χ0n) is 12.0. The zero-order chi connectivity index (χ0) is 13.1. The van der Waals surface area contributed by atoms with E-state index in [1.54, 1.807) is 7.11 Å². The Morgan fingerprint density at radius 3 is 2.17 bits per heavy atom. The van der Waals surface area contributed by atoms with E-state index in [4.69, 9.17) is 14.2 Å². The molecule has 1 aliphatic rings. The molecular formula is C14H29NO3. The molecule has 1 fully saturated rings. The van der Waals surface area contributed by atoms with Crippen LogP contribution in [0.15, 0.2) is 0 Å². The van der Waals surface area contributed by atoms with Gasteiger partial charge in [-0.05, 0) is 19.8 Å². The quantitative estimate of drug-likeness (QED) is 0.609. The summed E-state index contributed by atoms with van der Waals surface area (Å²) < 4.78 is 15.7. The van der Waals surface area contributed by atoms with Crippen LogP contribution in [0.2, 0.25) is 0 Å².